The molecule has 3 rings (SSSR count). The van der Waals surface area contributed by atoms with Gasteiger partial charge >= 0.3 is 0 Å². The Morgan fingerprint density at radius 1 is 1.32 bits per heavy atom. The third-order valence-corrected chi connectivity index (χ3v) is 4.66. The molecule has 1 aliphatic heterocycles. The number of carbonyl (C=O) groups is 1. The number of rotatable bonds is 6. The van der Waals surface area contributed by atoms with Gasteiger partial charge in [0.25, 0.3) is 0 Å². The zero-order valence-electron chi connectivity index (χ0n) is 14.9. The molecular weight excluding hydrogens is 336 g/mol. The fraction of sp³-hybridized carbons (Fsp3) is 0.500. The highest BCUT2D eigenvalue weighted by molar-refractivity contribution is 7.09. The van der Waals surface area contributed by atoms with Crippen molar-refractivity contribution in [1.29, 1.82) is 0 Å². The van der Waals surface area contributed by atoms with Crippen molar-refractivity contribution in [3.05, 3.63) is 36.2 Å². The largest absolute Gasteiger partial charge is 0.492 e. The van der Waals surface area contributed by atoms with E-state index in [0.29, 0.717) is 26.1 Å². The van der Waals surface area contributed by atoms with Gasteiger partial charge in [0, 0.05) is 29.9 Å². The van der Waals surface area contributed by atoms with E-state index in [1.807, 2.05) is 35.2 Å². The quantitative estimate of drug-likeness (QED) is 0.858. The van der Waals surface area contributed by atoms with Crippen LogP contribution in [0.4, 0.5) is 5.13 Å². The second-order valence-electron chi connectivity index (χ2n) is 7.22. The van der Waals surface area contributed by atoms with Gasteiger partial charge in [-0.25, -0.2) is 4.98 Å². The number of hydrogen-bond acceptors (Lipinski definition) is 6. The molecule has 0 aliphatic carbocycles. The van der Waals surface area contributed by atoms with E-state index in [0.717, 1.165) is 16.7 Å². The highest BCUT2D eigenvalue weighted by Gasteiger charge is 2.30. The zero-order valence-corrected chi connectivity index (χ0v) is 15.7. The molecular formula is C18H24N4O2S. The maximum Gasteiger partial charge on any atom is 0.224 e. The maximum atomic E-state index is 12.2. The van der Waals surface area contributed by atoms with Crippen LogP contribution in [0.1, 0.15) is 33.0 Å². The summed E-state index contributed by atoms with van der Waals surface area (Å²) in [5.41, 5.74) is -0.0667. The lowest BCUT2D eigenvalue weighted by molar-refractivity contribution is -0.128. The number of ether oxygens (including phenoxy) is 1. The third-order valence-electron chi connectivity index (χ3n) is 4.01. The molecule has 1 aliphatic rings. The first kappa shape index (κ1) is 17.7. The number of hydrogen-bond donors (Lipinski definition) is 1. The molecule has 0 radical (unpaired) electrons. The maximum absolute atomic E-state index is 12.2. The van der Waals surface area contributed by atoms with E-state index in [-0.39, 0.29) is 17.4 Å². The number of carbonyl (C=O) groups excluding carboxylic acids is 1. The molecule has 1 fully saturated rings. The molecule has 0 bridgehead atoms. The minimum Gasteiger partial charge on any atom is -0.492 e. The van der Waals surface area contributed by atoms with Crippen LogP contribution < -0.4 is 10.1 Å². The fourth-order valence-electron chi connectivity index (χ4n) is 2.64. The van der Waals surface area contributed by atoms with Gasteiger partial charge in [0.15, 0.2) is 0 Å². The standard InChI is InChI=1S/C18H24N4O2S/c1-18(2,3)16-20-17(25-21-16)19-13-11-15(23)22(12-13)9-10-24-14-7-5-4-6-8-14/h4-8,13H,9-12H2,1-3H3,(H,19,20,21). The third kappa shape index (κ3) is 4.69. The predicted octanol–water partition coefficient (Wildman–Crippen LogP) is 2.93. The average molecular weight is 360 g/mol. The average Bonchev–Trinajstić information content (AvgIpc) is 3.16. The lowest BCUT2D eigenvalue weighted by atomic mass is 9.96. The molecule has 6 nitrogen and oxygen atoms in total. The summed E-state index contributed by atoms with van der Waals surface area (Å²) in [6, 6.07) is 9.72. The number of benzene rings is 1. The minimum atomic E-state index is -0.0667. The summed E-state index contributed by atoms with van der Waals surface area (Å²) >= 11 is 1.35. The number of nitrogens with one attached hydrogen (secondary N) is 1. The summed E-state index contributed by atoms with van der Waals surface area (Å²) in [6.07, 6.45) is 0.482. The Kier molecular flexibility index (Phi) is 5.22. The first-order valence-electron chi connectivity index (χ1n) is 8.48. The Morgan fingerprint density at radius 2 is 2.08 bits per heavy atom. The van der Waals surface area contributed by atoms with Gasteiger partial charge in [-0.05, 0) is 12.1 Å². The van der Waals surface area contributed by atoms with Crippen LogP contribution in [0.15, 0.2) is 30.3 Å². The van der Waals surface area contributed by atoms with E-state index >= 15 is 0 Å². The normalized spacial score (nSPS) is 17.8. The number of aromatic nitrogens is 2. The summed E-state index contributed by atoms with van der Waals surface area (Å²) in [5.74, 6) is 1.81. The molecule has 1 amide bonds. The van der Waals surface area contributed by atoms with Crippen molar-refractivity contribution in [2.75, 3.05) is 25.0 Å². The summed E-state index contributed by atoms with van der Waals surface area (Å²) in [5, 5.41) is 4.13. The van der Waals surface area contributed by atoms with Gasteiger partial charge in [-0.15, -0.1) is 0 Å². The molecule has 0 saturated carbocycles. The Morgan fingerprint density at radius 3 is 2.76 bits per heavy atom. The van der Waals surface area contributed by atoms with E-state index < -0.39 is 0 Å². The summed E-state index contributed by atoms with van der Waals surface area (Å²) < 4.78 is 10.1. The van der Waals surface area contributed by atoms with E-state index in [9.17, 15) is 4.79 Å². The smallest absolute Gasteiger partial charge is 0.224 e. The Bertz CT molecular complexity index is 711. The van der Waals surface area contributed by atoms with Crippen LogP contribution in [0.2, 0.25) is 0 Å². The second kappa shape index (κ2) is 7.39. The van der Waals surface area contributed by atoms with Gasteiger partial charge in [0.2, 0.25) is 11.0 Å². The van der Waals surface area contributed by atoms with Crippen LogP contribution in [0.3, 0.4) is 0 Å². The van der Waals surface area contributed by atoms with Crippen molar-refractivity contribution in [2.45, 2.75) is 38.6 Å². The Labute approximate surface area is 152 Å². The molecule has 1 aromatic heterocycles. The van der Waals surface area contributed by atoms with E-state index in [1.165, 1.54) is 11.5 Å². The van der Waals surface area contributed by atoms with Crippen molar-refractivity contribution in [3.63, 3.8) is 0 Å². The SMILES string of the molecule is CC(C)(C)c1nsc(NC2CC(=O)N(CCOc3ccccc3)C2)n1. The van der Waals surface area contributed by atoms with Crippen molar-refractivity contribution < 1.29 is 9.53 Å². The van der Waals surface area contributed by atoms with Gasteiger partial charge in [-0.2, -0.15) is 4.37 Å². The zero-order chi connectivity index (χ0) is 17.9. The molecule has 1 unspecified atom stereocenters. The van der Waals surface area contributed by atoms with Crippen molar-refractivity contribution in [3.8, 4) is 5.75 Å². The van der Waals surface area contributed by atoms with E-state index in [2.05, 4.69) is 35.4 Å². The number of anilines is 1. The Hall–Kier alpha value is -2.15. The summed E-state index contributed by atoms with van der Waals surface area (Å²) in [7, 11) is 0. The van der Waals surface area contributed by atoms with Gasteiger partial charge in [0.1, 0.15) is 18.2 Å². The van der Waals surface area contributed by atoms with Crippen LogP contribution >= 0.6 is 11.5 Å². The molecule has 0 spiro atoms. The molecule has 1 saturated heterocycles. The lowest BCUT2D eigenvalue weighted by Gasteiger charge is -2.17. The van der Waals surface area contributed by atoms with Crippen LogP contribution in [-0.2, 0) is 10.2 Å². The van der Waals surface area contributed by atoms with Gasteiger partial charge in [-0.1, -0.05) is 39.0 Å². The topological polar surface area (TPSA) is 67.4 Å². The van der Waals surface area contributed by atoms with Crippen LogP contribution in [0, 0.1) is 0 Å². The van der Waals surface area contributed by atoms with Gasteiger partial charge in [0.05, 0.1) is 12.6 Å². The number of para-hydroxylation sites is 1. The first-order chi connectivity index (χ1) is 11.9. The number of likely N-dealkylation sites (tertiary alicyclic amines) is 1. The molecule has 2 heterocycles. The van der Waals surface area contributed by atoms with Crippen molar-refractivity contribution in [1.82, 2.24) is 14.3 Å². The molecule has 1 atom stereocenters. The lowest BCUT2D eigenvalue weighted by Crippen LogP contribution is -2.31. The van der Waals surface area contributed by atoms with Gasteiger partial charge in [-0.3, -0.25) is 4.79 Å². The molecule has 7 heteroatoms. The molecule has 2 aromatic rings. The second-order valence-corrected chi connectivity index (χ2v) is 7.97. The number of amides is 1. The first-order valence-corrected chi connectivity index (χ1v) is 9.25. The molecule has 1 N–H and O–H groups in total. The molecule has 134 valence electrons. The van der Waals surface area contributed by atoms with Crippen LogP contribution in [0.25, 0.3) is 0 Å². The fourth-order valence-corrected chi connectivity index (χ4v) is 3.47. The molecule has 25 heavy (non-hydrogen) atoms. The van der Waals surface area contributed by atoms with E-state index in [4.69, 9.17) is 4.74 Å². The van der Waals surface area contributed by atoms with E-state index in [1.54, 1.807) is 0 Å². The molecule has 1 aromatic carbocycles. The highest BCUT2D eigenvalue weighted by Crippen LogP contribution is 2.24. The predicted molar refractivity (Wildman–Crippen MR) is 99.2 cm³/mol. The highest BCUT2D eigenvalue weighted by atomic mass is 32.1. The summed E-state index contributed by atoms with van der Waals surface area (Å²) in [4.78, 5) is 18.6. The Balaban J connectivity index is 1.48. The monoisotopic (exact) mass is 360 g/mol. The van der Waals surface area contributed by atoms with Gasteiger partial charge < -0.3 is 15.0 Å². The minimum absolute atomic E-state index is 0.0667. The van der Waals surface area contributed by atoms with Crippen molar-refractivity contribution >= 4 is 22.6 Å². The van der Waals surface area contributed by atoms with Crippen LogP contribution in [-0.4, -0.2) is 45.9 Å². The van der Waals surface area contributed by atoms with Crippen LogP contribution in [0.5, 0.6) is 5.75 Å². The number of nitrogens with zero attached hydrogens (tertiary/aromatic N) is 3. The summed E-state index contributed by atoms with van der Waals surface area (Å²) in [6.45, 7) is 8.03. The van der Waals surface area contributed by atoms with Crippen molar-refractivity contribution in [2.24, 2.45) is 0 Å².